The average molecular weight is 445 g/mol. The third-order valence-corrected chi connectivity index (χ3v) is 7.18. The molecule has 4 rings (SSSR count). The lowest BCUT2D eigenvalue weighted by atomic mass is 9.84. The van der Waals surface area contributed by atoms with Gasteiger partial charge in [-0.2, -0.15) is 0 Å². The van der Waals surface area contributed by atoms with Gasteiger partial charge in [0.25, 0.3) is 0 Å². The summed E-state index contributed by atoms with van der Waals surface area (Å²) in [7, 11) is 1.82. The first-order chi connectivity index (χ1) is 15.0. The van der Waals surface area contributed by atoms with Crippen LogP contribution in [0.3, 0.4) is 0 Å². The first kappa shape index (κ1) is 22.3. The summed E-state index contributed by atoms with van der Waals surface area (Å²) in [6.45, 7) is 1.91. The number of methoxy groups -OCH3 is 1. The van der Waals surface area contributed by atoms with E-state index in [4.69, 9.17) is 16.3 Å². The van der Waals surface area contributed by atoms with Gasteiger partial charge in [0.1, 0.15) is 11.6 Å². The van der Waals surface area contributed by atoms with Crippen LogP contribution in [-0.2, 0) is 22.4 Å². The van der Waals surface area contributed by atoms with Crippen molar-refractivity contribution in [2.45, 2.75) is 83.3 Å². The number of aromatic nitrogens is 3. The Morgan fingerprint density at radius 3 is 2.52 bits per heavy atom. The first-order valence-electron chi connectivity index (χ1n) is 11.6. The van der Waals surface area contributed by atoms with Gasteiger partial charge in [0.15, 0.2) is 0 Å². The molecule has 168 valence electrons. The second kappa shape index (κ2) is 10.1. The lowest BCUT2D eigenvalue weighted by Gasteiger charge is -2.27. The van der Waals surface area contributed by atoms with Gasteiger partial charge in [-0.25, -0.2) is 0 Å². The molecule has 7 heteroatoms. The summed E-state index contributed by atoms with van der Waals surface area (Å²) in [4.78, 5) is 12.5. The standard InChI is InChI=1S/C24H33ClN4O2/c1-16-20(25)4-3-5-21(16)26-24(30)15-14-23-28-27-22(29(23)18-9-10-18)13-8-17-6-11-19(31-2)12-7-17/h3-5,17-19H,6-15H2,1-2H3,(H,26,30). The SMILES string of the molecule is COC1CCC(CCc2nnc(CCC(=O)Nc3cccc(Cl)c3C)n2C2CC2)CC1. The number of ether oxygens (including phenoxy) is 1. The predicted molar refractivity (Wildman–Crippen MR) is 123 cm³/mol. The third-order valence-electron chi connectivity index (χ3n) is 6.77. The largest absolute Gasteiger partial charge is 0.381 e. The summed E-state index contributed by atoms with van der Waals surface area (Å²) in [5.74, 6) is 2.77. The zero-order valence-electron chi connectivity index (χ0n) is 18.6. The Morgan fingerprint density at radius 1 is 1.13 bits per heavy atom. The van der Waals surface area contributed by atoms with E-state index in [0.29, 0.717) is 30.0 Å². The Hall–Kier alpha value is -1.92. The van der Waals surface area contributed by atoms with Crippen molar-refractivity contribution in [2.75, 3.05) is 12.4 Å². The van der Waals surface area contributed by atoms with E-state index in [1.807, 2.05) is 32.2 Å². The van der Waals surface area contributed by atoms with Gasteiger partial charge in [0.05, 0.1) is 6.10 Å². The number of aryl methyl sites for hydroxylation is 2. The molecular weight excluding hydrogens is 412 g/mol. The smallest absolute Gasteiger partial charge is 0.224 e. The highest BCUT2D eigenvalue weighted by molar-refractivity contribution is 6.31. The number of halogens is 1. The second-order valence-corrected chi connectivity index (χ2v) is 9.42. The molecule has 0 radical (unpaired) electrons. The summed E-state index contributed by atoms with van der Waals surface area (Å²) < 4.78 is 7.81. The fraction of sp³-hybridized carbons (Fsp3) is 0.625. The van der Waals surface area contributed by atoms with E-state index in [1.165, 1.54) is 38.5 Å². The van der Waals surface area contributed by atoms with Crippen LogP contribution in [0.5, 0.6) is 0 Å². The van der Waals surface area contributed by atoms with Crippen LogP contribution < -0.4 is 5.32 Å². The van der Waals surface area contributed by atoms with Crippen molar-refractivity contribution in [2.24, 2.45) is 5.92 Å². The zero-order valence-corrected chi connectivity index (χ0v) is 19.3. The Morgan fingerprint density at radius 2 is 1.84 bits per heavy atom. The first-order valence-corrected chi connectivity index (χ1v) is 11.9. The van der Waals surface area contributed by atoms with Gasteiger partial charge in [0, 0.05) is 43.1 Å². The molecule has 0 saturated heterocycles. The number of rotatable bonds is 9. The molecular formula is C24H33ClN4O2. The van der Waals surface area contributed by atoms with Crippen molar-refractivity contribution in [3.8, 4) is 0 Å². The Labute approximate surface area is 189 Å². The van der Waals surface area contributed by atoms with Crippen LogP contribution in [0.4, 0.5) is 5.69 Å². The van der Waals surface area contributed by atoms with Crippen LogP contribution in [0.1, 0.15) is 74.6 Å². The molecule has 2 aliphatic carbocycles. The maximum absolute atomic E-state index is 12.5. The number of carbonyl (C=O) groups is 1. The van der Waals surface area contributed by atoms with E-state index in [1.54, 1.807) is 0 Å². The fourth-order valence-corrected chi connectivity index (χ4v) is 4.80. The van der Waals surface area contributed by atoms with E-state index in [0.717, 1.165) is 41.7 Å². The Bertz CT molecular complexity index is 901. The van der Waals surface area contributed by atoms with Crippen LogP contribution in [0, 0.1) is 12.8 Å². The molecule has 1 amide bonds. The van der Waals surface area contributed by atoms with E-state index in [9.17, 15) is 4.79 Å². The molecule has 1 aromatic carbocycles. The molecule has 2 saturated carbocycles. The molecule has 2 aliphatic rings. The zero-order chi connectivity index (χ0) is 21.8. The third kappa shape index (κ3) is 5.66. The number of nitrogens with zero attached hydrogens (tertiary/aromatic N) is 3. The van der Waals surface area contributed by atoms with E-state index in [-0.39, 0.29) is 5.91 Å². The average Bonchev–Trinajstić information content (AvgIpc) is 3.54. The number of hydrogen-bond donors (Lipinski definition) is 1. The minimum Gasteiger partial charge on any atom is -0.381 e. The second-order valence-electron chi connectivity index (χ2n) is 9.01. The molecule has 1 heterocycles. The Balaban J connectivity index is 1.32. The molecule has 0 spiro atoms. The van der Waals surface area contributed by atoms with Gasteiger partial charge in [-0.05, 0) is 75.5 Å². The molecule has 31 heavy (non-hydrogen) atoms. The topological polar surface area (TPSA) is 69.0 Å². The quantitative estimate of drug-likeness (QED) is 0.571. The van der Waals surface area contributed by atoms with Crippen molar-refractivity contribution in [3.05, 3.63) is 40.4 Å². The van der Waals surface area contributed by atoms with Crippen LogP contribution in [0.25, 0.3) is 0 Å². The van der Waals surface area contributed by atoms with Gasteiger partial charge in [-0.3, -0.25) is 4.79 Å². The fourth-order valence-electron chi connectivity index (χ4n) is 4.63. The van der Waals surface area contributed by atoms with Crippen molar-refractivity contribution in [3.63, 3.8) is 0 Å². The van der Waals surface area contributed by atoms with Crippen LogP contribution >= 0.6 is 11.6 Å². The van der Waals surface area contributed by atoms with Crippen LogP contribution in [-0.4, -0.2) is 33.9 Å². The highest BCUT2D eigenvalue weighted by Gasteiger charge is 2.30. The van der Waals surface area contributed by atoms with Crippen LogP contribution in [0.15, 0.2) is 18.2 Å². The number of anilines is 1. The molecule has 0 atom stereocenters. The van der Waals surface area contributed by atoms with Gasteiger partial charge < -0.3 is 14.6 Å². The lowest BCUT2D eigenvalue weighted by Crippen LogP contribution is -2.21. The van der Waals surface area contributed by atoms with Gasteiger partial charge in [-0.1, -0.05) is 17.7 Å². The van der Waals surface area contributed by atoms with Crippen molar-refractivity contribution in [1.82, 2.24) is 14.8 Å². The number of carbonyl (C=O) groups excluding carboxylic acids is 1. The predicted octanol–water partition coefficient (Wildman–Crippen LogP) is 5.28. The molecule has 6 nitrogen and oxygen atoms in total. The molecule has 1 N–H and O–H groups in total. The number of amides is 1. The Kier molecular flexibility index (Phi) is 7.28. The normalized spacial score (nSPS) is 21.3. The monoisotopic (exact) mass is 444 g/mol. The van der Waals surface area contributed by atoms with E-state index < -0.39 is 0 Å². The number of nitrogens with one attached hydrogen (secondary N) is 1. The molecule has 2 aromatic rings. The van der Waals surface area contributed by atoms with Crippen LogP contribution in [0.2, 0.25) is 5.02 Å². The van der Waals surface area contributed by atoms with Gasteiger partial charge in [0.2, 0.25) is 5.91 Å². The van der Waals surface area contributed by atoms with E-state index >= 15 is 0 Å². The number of hydrogen-bond acceptors (Lipinski definition) is 4. The molecule has 1 aromatic heterocycles. The maximum Gasteiger partial charge on any atom is 0.224 e. The highest BCUT2D eigenvalue weighted by Crippen LogP contribution is 2.38. The lowest BCUT2D eigenvalue weighted by molar-refractivity contribution is -0.116. The summed E-state index contributed by atoms with van der Waals surface area (Å²) in [6.07, 6.45) is 10.8. The minimum absolute atomic E-state index is 0.0211. The maximum atomic E-state index is 12.5. The summed E-state index contributed by atoms with van der Waals surface area (Å²) in [6, 6.07) is 6.07. The number of benzene rings is 1. The summed E-state index contributed by atoms with van der Waals surface area (Å²) in [5, 5.41) is 12.6. The highest BCUT2D eigenvalue weighted by atomic mass is 35.5. The molecule has 0 unspecified atom stereocenters. The minimum atomic E-state index is -0.0211. The molecule has 0 aliphatic heterocycles. The summed E-state index contributed by atoms with van der Waals surface area (Å²) >= 11 is 6.16. The van der Waals surface area contributed by atoms with Crippen molar-refractivity contribution in [1.29, 1.82) is 0 Å². The van der Waals surface area contributed by atoms with Gasteiger partial charge in [-0.15, -0.1) is 10.2 Å². The molecule has 0 bridgehead atoms. The molecule has 2 fully saturated rings. The van der Waals surface area contributed by atoms with Gasteiger partial charge >= 0.3 is 0 Å². The summed E-state index contributed by atoms with van der Waals surface area (Å²) in [5.41, 5.74) is 1.66. The van der Waals surface area contributed by atoms with E-state index in [2.05, 4.69) is 20.1 Å². The van der Waals surface area contributed by atoms with Crippen molar-refractivity contribution < 1.29 is 9.53 Å². The van der Waals surface area contributed by atoms with Crippen molar-refractivity contribution >= 4 is 23.2 Å².